The molecule has 0 amide bonds. The van der Waals surface area contributed by atoms with Gasteiger partial charge in [-0.2, -0.15) is 0 Å². The summed E-state index contributed by atoms with van der Waals surface area (Å²) in [6.07, 6.45) is 13.1. The Hall–Kier alpha value is 0.630. The van der Waals surface area contributed by atoms with Crippen LogP contribution in [0, 0.1) is 0 Å². The van der Waals surface area contributed by atoms with Gasteiger partial charge in [-0.3, -0.25) is 0 Å². The Morgan fingerprint density at radius 2 is 1.29 bits per heavy atom. The highest BCUT2D eigenvalue weighted by atomic mass is 127. The van der Waals surface area contributed by atoms with E-state index in [0.29, 0.717) is 11.3 Å². The zero-order chi connectivity index (χ0) is 14.6. The number of rotatable bonds is 4. The first-order valence-electron chi connectivity index (χ1n) is 8.62. The maximum absolute atomic E-state index is 12.9. The molecule has 0 N–H and O–H groups in total. The van der Waals surface area contributed by atoms with Crippen LogP contribution in [-0.2, 0) is 4.74 Å². The van der Waals surface area contributed by atoms with Crippen LogP contribution in [0.25, 0.3) is 0 Å². The molecule has 2 aliphatic carbocycles. The molecule has 2 rings (SSSR count). The third-order valence-corrected chi connectivity index (χ3v) is 10.4. The lowest BCUT2D eigenvalue weighted by Gasteiger charge is -2.38. The molecule has 2 saturated carbocycles. The van der Waals surface area contributed by atoms with Crippen LogP contribution < -0.4 is 24.0 Å². The van der Waals surface area contributed by atoms with Crippen LogP contribution >= 0.6 is 7.26 Å². The summed E-state index contributed by atoms with van der Waals surface area (Å²) in [6.45, 7) is 6.32. The summed E-state index contributed by atoms with van der Waals surface area (Å²) in [6, 6.07) is 0. The minimum atomic E-state index is -1.63. The number of carbonyl (C=O) groups excluding carboxylic acids is 1. The Kier molecular flexibility index (Phi) is 8.48. The Labute approximate surface area is 148 Å². The molecule has 0 aromatic rings. The van der Waals surface area contributed by atoms with Gasteiger partial charge >= 0.3 is 5.71 Å². The molecule has 0 spiro atoms. The topological polar surface area (TPSA) is 26.3 Å². The zero-order valence-corrected chi connectivity index (χ0v) is 17.0. The first-order chi connectivity index (χ1) is 9.55. The number of halogens is 1. The van der Waals surface area contributed by atoms with Gasteiger partial charge in [0.2, 0.25) is 0 Å². The average Bonchev–Trinajstić information content (AvgIpc) is 2.47. The predicted octanol–water partition coefficient (Wildman–Crippen LogP) is 2.85. The number of hydrogen-bond donors (Lipinski definition) is 0. The van der Waals surface area contributed by atoms with Crippen LogP contribution in [-0.4, -0.2) is 29.8 Å². The van der Waals surface area contributed by atoms with Gasteiger partial charge in [0, 0.05) is 0 Å². The lowest BCUT2D eigenvalue weighted by Crippen LogP contribution is -3.00. The molecular weight excluding hydrogens is 394 g/mol. The molecule has 0 heterocycles. The maximum Gasteiger partial charge on any atom is 0.451 e. The molecule has 0 aromatic heterocycles. The number of carbonyl (C=O) groups is 1. The molecule has 0 radical (unpaired) electrons. The summed E-state index contributed by atoms with van der Waals surface area (Å²) in [5.74, 6) is 0. The Morgan fingerprint density at radius 3 is 1.62 bits per heavy atom. The van der Waals surface area contributed by atoms with E-state index in [-0.39, 0.29) is 35.8 Å². The van der Waals surface area contributed by atoms with Gasteiger partial charge in [0.25, 0.3) is 0 Å². The van der Waals surface area contributed by atoms with Crippen LogP contribution in [0.1, 0.15) is 78.1 Å². The van der Waals surface area contributed by atoms with Gasteiger partial charge in [0.15, 0.2) is 0 Å². The van der Waals surface area contributed by atoms with E-state index in [4.69, 9.17) is 4.74 Å². The van der Waals surface area contributed by atoms with Crippen molar-refractivity contribution in [3.05, 3.63) is 0 Å². The van der Waals surface area contributed by atoms with E-state index in [2.05, 4.69) is 6.66 Å². The monoisotopic (exact) mass is 426 g/mol. The van der Waals surface area contributed by atoms with Crippen LogP contribution in [0.5, 0.6) is 0 Å². The first-order valence-corrected chi connectivity index (χ1v) is 11.0. The Bertz CT molecular complexity index is 303. The summed E-state index contributed by atoms with van der Waals surface area (Å²) in [5, 5.41) is 0. The number of hydrogen-bond acceptors (Lipinski definition) is 2. The molecule has 2 fully saturated rings. The van der Waals surface area contributed by atoms with Crippen molar-refractivity contribution in [3.63, 3.8) is 0 Å². The maximum atomic E-state index is 12.9. The van der Waals surface area contributed by atoms with Crippen LogP contribution in [0.2, 0.25) is 0 Å². The van der Waals surface area contributed by atoms with Gasteiger partial charge in [-0.05, 0) is 65.2 Å². The summed E-state index contributed by atoms with van der Waals surface area (Å²) >= 11 is 0. The van der Waals surface area contributed by atoms with E-state index in [1.165, 1.54) is 64.2 Å². The SMILES string of the molecule is CC(C)OC(=O)[P+](C)(C1CCCCC1)C1CCCCC1.[I-]. The van der Waals surface area contributed by atoms with Crippen LogP contribution in [0.4, 0.5) is 4.79 Å². The normalized spacial score (nSPS) is 21.9. The fraction of sp³-hybridized carbons (Fsp3) is 0.941. The lowest BCUT2D eigenvalue weighted by atomic mass is 9.99. The fourth-order valence-electron chi connectivity index (χ4n) is 4.15. The van der Waals surface area contributed by atoms with Crippen molar-refractivity contribution in [1.29, 1.82) is 0 Å². The summed E-state index contributed by atoms with van der Waals surface area (Å²) in [5.41, 5.74) is 1.52. The third-order valence-electron chi connectivity index (χ3n) is 5.40. The van der Waals surface area contributed by atoms with Gasteiger partial charge in [-0.15, -0.1) is 0 Å². The molecule has 0 saturated heterocycles. The van der Waals surface area contributed by atoms with Gasteiger partial charge in [-0.1, -0.05) is 12.8 Å². The van der Waals surface area contributed by atoms with Gasteiger partial charge < -0.3 is 28.7 Å². The molecule has 2 aliphatic rings. The smallest absolute Gasteiger partial charge is 0.451 e. The van der Waals surface area contributed by atoms with E-state index in [0.717, 1.165) is 0 Å². The molecule has 2 nitrogen and oxygen atoms in total. The van der Waals surface area contributed by atoms with Crippen molar-refractivity contribution < 1.29 is 33.5 Å². The number of ether oxygens (including phenoxy) is 1. The molecule has 0 unspecified atom stereocenters. The van der Waals surface area contributed by atoms with Gasteiger partial charge in [0.1, 0.15) is 7.26 Å². The van der Waals surface area contributed by atoms with Crippen molar-refractivity contribution >= 4 is 13.0 Å². The first kappa shape index (κ1) is 19.7. The largest absolute Gasteiger partial charge is 1.00 e. The van der Waals surface area contributed by atoms with Gasteiger partial charge in [0.05, 0.1) is 24.1 Å². The average molecular weight is 426 g/mol. The molecule has 4 heteroatoms. The molecule has 0 aliphatic heterocycles. The van der Waals surface area contributed by atoms with Crippen molar-refractivity contribution in [1.82, 2.24) is 0 Å². The van der Waals surface area contributed by atoms with Crippen LogP contribution in [0.15, 0.2) is 0 Å². The molecule has 0 bridgehead atoms. The standard InChI is InChI=1S/C17H32O2P.HI/c1-14(2)19-17(18)20(3,15-10-6-4-7-11-15)16-12-8-5-9-13-16;/h14-16H,4-13H2,1-3H3;1H/q+1;/p-1. The van der Waals surface area contributed by atoms with E-state index in [1.807, 2.05) is 13.8 Å². The molecule has 0 atom stereocenters. The lowest BCUT2D eigenvalue weighted by molar-refractivity contribution is -0.0000111. The second-order valence-electron chi connectivity index (χ2n) is 7.16. The van der Waals surface area contributed by atoms with Crippen molar-refractivity contribution in [2.75, 3.05) is 6.66 Å². The summed E-state index contributed by atoms with van der Waals surface area (Å²) < 4.78 is 5.73. The van der Waals surface area contributed by atoms with E-state index in [1.54, 1.807) is 0 Å². The summed E-state index contributed by atoms with van der Waals surface area (Å²) in [7, 11) is -1.63. The van der Waals surface area contributed by atoms with Gasteiger partial charge in [-0.25, -0.2) is 4.79 Å². The van der Waals surface area contributed by atoms with Crippen molar-refractivity contribution in [2.24, 2.45) is 0 Å². The predicted molar refractivity (Wildman–Crippen MR) is 88.2 cm³/mol. The quantitative estimate of drug-likeness (QED) is 0.511. The second kappa shape index (κ2) is 9.05. The second-order valence-corrected chi connectivity index (χ2v) is 11.3. The molecule has 0 aromatic carbocycles. The van der Waals surface area contributed by atoms with Crippen LogP contribution in [0.3, 0.4) is 0 Å². The van der Waals surface area contributed by atoms with E-state index < -0.39 is 7.26 Å². The Morgan fingerprint density at radius 1 is 0.905 bits per heavy atom. The highest BCUT2D eigenvalue weighted by Crippen LogP contribution is 2.70. The molecule has 21 heavy (non-hydrogen) atoms. The highest BCUT2D eigenvalue weighted by molar-refractivity contribution is 7.91. The third kappa shape index (κ3) is 4.80. The molecular formula is C17H32IO2P. The summed E-state index contributed by atoms with van der Waals surface area (Å²) in [4.78, 5) is 12.9. The Balaban J connectivity index is 0.00000220. The fourth-order valence-corrected chi connectivity index (χ4v) is 8.65. The molecule has 124 valence electrons. The van der Waals surface area contributed by atoms with E-state index >= 15 is 0 Å². The minimum absolute atomic E-state index is 0. The highest BCUT2D eigenvalue weighted by Gasteiger charge is 2.56. The zero-order valence-electron chi connectivity index (χ0n) is 13.9. The minimum Gasteiger partial charge on any atom is -1.00 e. The van der Waals surface area contributed by atoms with E-state index in [9.17, 15) is 4.79 Å². The van der Waals surface area contributed by atoms with Crippen molar-refractivity contribution in [2.45, 2.75) is 95.5 Å². The van der Waals surface area contributed by atoms with Crippen molar-refractivity contribution in [3.8, 4) is 0 Å².